The molecule has 3 aliphatic heterocycles. The molecule has 2 aromatic rings. The lowest BCUT2D eigenvalue weighted by Crippen LogP contribution is -2.48. The van der Waals surface area contributed by atoms with Gasteiger partial charge in [-0.1, -0.05) is 55.5 Å². The number of aliphatic hydroxyl groups excluding tert-OH is 1. The Morgan fingerprint density at radius 1 is 0.909 bits per heavy atom. The van der Waals surface area contributed by atoms with E-state index in [1.165, 1.54) is 38.8 Å². The molecule has 0 aliphatic carbocycles. The van der Waals surface area contributed by atoms with Crippen molar-refractivity contribution in [3.05, 3.63) is 70.8 Å². The Morgan fingerprint density at radius 3 is 2.32 bits per heavy atom. The van der Waals surface area contributed by atoms with Crippen LogP contribution in [0, 0.1) is 5.92 Å². The molecule has 3 N–H and O–H groups in total. The van der Waals surface area contributed by atoms with Gasteiger partial charge in [0.15, 0.2) is 6.29 Å². The second-order valence-electron chi connectivity index (χ2n) is 12.2. The summed E-state index contributed by atoms with van der Waals surface area (Å²) in [7, 11) is 0. The van der Waals surface area contributed by atoms with Crippen molar-refractivity contribution in [3.8, 4) is 0 Å². The van der Waals surface area contributed by atoms with Gasteiger partial charge < -0.3 is 34.9 Å². The first-order valence-corrected chi connectivity index (χ1v) is 16.2. The van der Waals surface area contributed by atoms with Crippen LogP contribution in [-0.4, -0.2) is 84.9 Å². The molecule has 2 amide bonds. The average Bonchev–Trinajstić information content (AvgIpc) is 3.73. The highest BCUT2D eigenvalue weighted by Gasteiger charge is 2.40. The summed E-state index contributed by atoms with van der Waals surface area (Å²) < 4.78 is 18.2. The number of nitrogens with one attached hydrogen (secondary N) is 2. The monoisotopic (exact) mass is 608 g/mol. The molecule has 0 saturated carbocycles. The maximum Gasteiger partial charge on any atom is 0.325 e. The fraction of sp³-hybridized carbons (Fsp3) is 0.588. The molecular weight excluding hydrogens is 560 g/mol. The number of urea groups is 1. The summed E-state index contributed by atoms with van der Waals surface area (Å²) in [4.78, 5) is 28.8. The first kappa shape index (κ1) is 32.4. The van der Waals surface area contributed by atoms with Crippen molar-refractivity contribution in [2.75, 3.05) is 45.9 Å². The summed E-state index contributed by atoms with van der Waals surface area (Å²) in [5.74, 6) is -0.336. The zero-order valence-electron chi connectivity index (χ0n) is 26.1. The van der Waals surface area contributed by atoms with Crippen molar-refractivity contribution in [3.63, 3.8) is 0 Å². The van der Waals surface area contributed by atoms with Gasteiger partial charge in [-0.3, -0.25) is 9.69 Å². The Labute approximate surface area is 261 Å². The predicted octanol–water partition coefficient (Wildman–Crippen LogP) is 3.89. The van der Waals surface area contributed by atoms with Crippen LogP contribution in [0.3, 0.4) is 0 Å². The second-order valence-corrected chi connectivity index (χ2v) is 12.2. The molecule has 5 unspecified atom stereocenters. The maximum absolute atomic E-state index is 12.1. The molecule has 5 rings (SSSR count). The summed E-state index contributed by atoms with van der Waals surface area (Å²) in [6.45, 7) is 9.91. The number of esters is 1. The van der Waals surface area contributed by atoms with Gasteiger partial charge in [0.25, 0.3) is 0 Å². The minimum atomic E-state index is -0.534. The predicted molar refractivity (Wildman–Crippen MR) is 167 cm³/mol. The van der Waals surface area contributed by atoms with E-state index in [0.717, 1.165) is 41.9 Å². The lowest BCUT2D eigenvalue weighted by molar-refractivity contribution is -0.276. The second kappa shape index (κ2) is 15.8. The quantitative estimate of drug-likeness (QED) is 0.311. The van der Waals surface area contributed by atoms with Crippen LogP contribution in [0.1, 0.15) is 74.2 Å². The highest BCUT2D eigenvalue weighted by atomic mass is 16.7. The Bertz CT molecular complexity index is 1200. The van der Waals surface area contributed by atoms with E-state index in [9.17, 15) is 14.7 Å². The topological polar surface area (TPSA) is 113 Å². The minimum absolute atomic E-state index is 0.0113. The molecule has 5 atom stereocenters. The van der Waals surface area contributed by atoms with Gasteiger partial charge >= 0.3 is 12.0 Å². The molecule has 2 aromatic carbocycles. The molecule has 3 fully saturated rings. The van der Waals surface area contributed by atoms with Crippen molar-refractivity contribution < 1.29 is 28.9 Å². The van der Waals surface area contributed by atoms with Gasteiger partial charge in [0.1, 0.15) is 6.54 Å². The first-order chi connectivity index (χ1) is 21.4. The van der Waals surface area contributed by atoms with Gasteiger partial charge in [0.05, 0.1) is 25.4 Å². The lowest BCUT2D eigenvalue weighted by atomic mass is 9.90. The van der Waals surface area contributed by atoms with Gasteiger partial charge in [0, 0.05) is 37.2 Å². The first-order valence-electron chi connectivity index (χ1n) is 16.2. The van der Waals surface area contributed by atoms with Crippen LogP contribution in [-0.2, 0) is 32.2 Å². The molecule has 3 aliphatic rings. The van der Waals surface area contributed by atoms with Crippen LogP contribution in [0.5, 0.6) is 0 Å². The molecule has 0 aromatic heterocycles. The number of likely N-dealkylation sites (tertiary alicyclic amines) is 2. The van der Waals surface area contributed by atoms with Gasteiger partial charge in [0.2, 0.25) is 0 Å². The summed E-state index contributed by atoms with van der Waals surface area (Å²) in [5, 5.41) is 14.8. The Balaban J connectivity index is 1.25. The van der Waals surface area contributed by atoms with E-state index < -0.39 is 18.3 Å². The largest absolute Gasteiger partial charge is 0.465 e. The summed E-state index contributed by atoms with van der Waals surface area (Å²) in [5.41, 5.74) is 3.79. The molecule has 240 valence electrons. The molecular formula is C34H48N4O6. The molecule has 10 nitrogen and oxygen atoms in total. The SMILES string of the molecule is CCOC(=O)CNC(=O)NCc1ccc(C2OC(CN3CCCC3CN3CCCC3)C(C)C(c3ccc(CO)cc3)O2)cc1. The number of carbonyl (C=O) groups excluding carboxylic acids is 2. The molecule has 3 saturated heterocycles. The van der Waals surface area contributed by atoms with Crippen molar-refractivity contribution in [2.24, 2.45) is 5.92 Å². The molecule has 0 radical (unpaired) electrons. The highest BCUT2D eigenvalue weighted by molar-refractivity contribution is 5.80. The lowest BCUT2D eigenvalue weighted by Gasteiger charge is -2.43. The van der Waals surface area contributed by atoms with E-state index in [1.54, 1.807) is 6.92 Å². The van der Waals surface area contributed by atoms with Crippen LogP contribution in [0.2, 0.25) is 0 Å². The number of aliphatic hydroxyl groups is 1. The summed E-state index contributed by atoms with van der Waals surface area (Å²) in [6.07, 6.45) is 4.37. The zero-order chi connectivity index (χ0) is 30.9. The number of hydrogen-bond acceptors (Lipinski definition) is 8. The van der Waals surface area contributed by atoms with Crippen molar-refractivity contribution in [2.45, 2.75) is 77.2 Å². The Hall–Kier alpha value is -3.02. The van der Waals surface area contributed by atoms with Crippen LogP contribution < -0.4 is 10.6 Å². The summed E-state index contributed by atoms with van der Waals surface area (Å²) in [6, 6.07) is 16.1. The fourth-order valence-electron chi connectivity index (χ4n) is 6.57. The van der Waals surface area contributed by atoms with E-state index in [-0.39, 0.29) is 37.9 Å². The molecule has 44 heavy (non-hydrogen) atoms. The van der Waals surface area contributed by atoms with Crippen LogP contribution >= 0.6 is 0 Å². The smallest absolute Gasteiger partial charge is 0.325 e. The van der Waals surface area contributed by atoms with Gasteiger partial charge in [-0.15, -0.1) is 0 Å². The molecule has 10 heteroatoms. The number of ether oxygens (including phenoxy) is 3. The maximum atomic E-state index is 12.1. The number of hydrogen-bond donors (Lipinski definition) is 3. The number of amides is 2. The molecule has 3 heterocycles. The number of rotatable bonds is 12. The fourth-order valence-corrected chi connectivity index (χ4v) is 6.57. The van der Waals surface area contributed by atoms with E-state index >= 15 is 0 Å². The molecule has 0 spiro atoms. The van der Waals surface area contributed by atoms with Gasteiger partial charge in [-0.25, -0.2) is 4.79 Å². The number of carbonyl (C=O) groups is 2. The Kier molecular flexibility index (Phi) is 11.6. The Morgan fingerprint density at radius 2 is 1.61 bits per heavy atom. The third-order valence-corrected chi connectivity index (χ3v) is 9.11. The van der Waals surface area contributed by atoms with Crippen LogP contribution in [0.25, 0.3) is 0 Å². The van der Waals surface area contributed by atoms with Crippen molar-refractivity contribution in [1.29, 1.82) is 0 Å². The van der Waals surface area contributed by atoms with Crippen LogP contribution in [0.4, 0.5) is 4.79 Å². The van der Waals surface area contributed by atoms with Crippen molar-refractivity contribution >= 4 is 12.0 Å². The van der Waals surface area contributed by atoms with Crippen LogP contribution in [0.15, 0.2) is 48.5 Å². The normalized spacial score (nSPS) is 26.0. The van der Waals surface area contributed by atoms with E-state index in [0.29, 0.717) is 12.6 Å². The highest BCUT2D eigenvalue weighted by Crippen LogP contribution is 2.42. The summed E-state index contributed by atoms with van der Waals surface area (Å²) >= 11 is 0. The molecule has 0 bridgehead atoms. The third kappa shape index (κ3) is 8.57. The standard InChI is InChI=1S/C34H48N4O6/c1-3-42-31(40)20-36-34(41)35-19-25-8-14-28(15-9-25)33-43-30(22-38-18-6-7-29(38)21-37-16-4-5-17-37)24(2)32(44-33)27-12-10-26(23-39)11-13-27/h8-15,24,29-30,32-33,39H,3-7,16-23H2,1-2H3,(H2,35,36,41). The van der Waals surface area contributed by atoms with Crippen molar-refractivity contribution in [1.82, 2.24) is 20.4 Å². The van der Waals surface area contributed by atoms with E-state index in [4.69, 9.17) is 14.2 Å². The zero-order valence-corrected chi connectivity index (χ0v) is 26.1. The average molecular weight is 609 g/mol. The van der Waals surface area contributed by atoms with E-state index in [1.807, 2.05) is 36.4 Å². The third-order valence-electron chi connectivity index (χ3n) is 9.11. The van der Waals surface area contributed by atoms with Gasteiger partial charge in [-0.05, 0) is 68.9 Å². The number of nitrogens with zero attached hydrogens (tertiary/aromatic N) is 2. The number of benzene rings is 2. The minimum Gasteiger partial charge on any atom is -0.465 e. The van der Waals surface area contributed by atoms with E-state index in [2.05, 4.69) is 39.5 Å². The van der Waals surface area contributed by atoms with Gasteiger partial charge in [-0.2, -0.15) is 0 Å².